The molecule has 148 valence electrons. The fraction of sp³-hybridized carbons (Fsp3) is 0.333. The molecule has 0 saturated carbocycles. The molecule has 0 radical (unpaired) electrons. The van der Waals surface area contributed by atoms with Crippen molar-refractivity contribution < 1.29 is 9.47 Å². The number of benzene rings is 2. The monoisotopic (exact) mass is 387 g/mol. The van der Waals surface area contributed by atoms with Crippen LogP contribution in [0.3, 0.4) is 0 Å². The summed E-state index contributed by atoms with van der Waals surface area (Å²) in [7, 11) is 0. The number of piperidine rings is 1. The third kappa shape index (κ3) is 4.10. The first-order chi connectivity index (χ1) is 14.3. The fourth-order valence-electron chi connectivity index (χ4n) is 4.01. The topological polar surface area (TPSA) is 47.5 Å². The van der Waals surface area contributed by atoms with E-state index in [1.807, 2.05) is 42.5 Å². The molecule has 29 heavy (non-hydrogen) atoms. The Morgan fingerprint density at radius 1 is 0.862 bits per heavy atom. The predicted octanol–water partition coefficient (Wildman–Crippen LogP) is 4.56. The molecule has 5 heteroatoms. The number of aromatic nitrogens is 2. The van der Waals surface area contributed by atoms with Crippen molar-refractivity contribution in [2.75, 3.05) is 26.4 Å². The highest BCUT2D eigenvalue weighted by Gasteiger charge is 2.14. The van der Waals surface area contributed by atoms with Crippen LogP contribution in [0.1, 0.15) is 36.2 Å². The van der Waals surface area contributed by atoms with Gasteiger partial charge >= 0.3 is 0 Å². The summed E-state index contributed by atoms with van der Waals surface area (Å²) in [5.41, 5.74) is 4.96. The van der Waals surface area contributed by atoms with Gasteiger partial charge in [0.2, 0.25) is 6.79 Å². The van der Waals surface area contributed by atoms with Gasteiger partial charge in [-0.05, 0) is 61.8 Å². The van der Waals surface area contributed by atoms with Crippen LogP contribution < -0.4 is 9.47 Å². The maximum absolute atomic E-state index is 5.49. The molecule has 0 spiro atoms. The van der Waals surface area contributed by atoms with E-state index in [1.54, 1.807) is 0 Å². The second-order valence-electron chi connectivity index (χ2n) is 7.64. The fourth-order valence-corrected chi connectivity index (χ4v) is 4.01. The third-order valence-electron chi connectivity index (χ3n) is 5.62. The predicted molar refractivity (Wildman–Crippen MR) is 115 cm³/mol. The first kappa shape index (κ1) is 18.1. The lowest BCUT2D eigenvalue weighted by molar-refractivity contribution is 0.174. The van der Waals surface area contributed by atoms with Crippen LogP contribution in [-0.4, -0.2) is 41.3 Å². The molecule has 3 heterocycles. The van der Waals surface area contributed by atoms with Crippen LogP contribution in [0.25, 0.3) is 23.2 Å². The second-order valence-corrected chi connectivity index (χ2v) is 7.64. The molecule has 0 N–H and O–H groups in total. The maximum atomic E-state index is 5.49. The number of hydrogen-bond acceptors (Lipinski definition) is 5. The van der Waals surface area contributed by atoms with E-state index in [-0.39, 0.29) is 0 Å². The minimum Gasteiger partial charge on any atom is -0.454 e. The van der Waals surface area contributed by atoms with Gasteiger partial charge in [0.15, 0.2) is 11.5 Å². The summed E-state index contributed by atoms with van der Waals surface area (Å²) >= 11 is 0. The van der Waals surface area contributed by atoms with Gasteiger partial charge in [-0.25, -0.2) is 9.97 Å². The first-order valence-corrected chi connectivity index (χ1v) is 10.4. The number of hydrogen-bond donors (Lipinski definition) is 0. The zero-order valence-corrected chi connectivity index (χ0v) is 16.5. The molecule has 0 aliphatic carbocycles. The Morgan fingerprint density at radius 3 is 2.52 bits per heavy atom. The van der Waals surface area contributed by atoms with Gasteiger partial charge in [0, 0.05) is 13.0 Å². The van der Waals surface area contributed by atoms with Gasteiger partial charge in [0.05, 0.1) is 22.4 Å². The number of likely N-dealkylation sites (tertiary alicyclic amines) is 1. The zero-order chi connectivity index (χ0) is 19.5. The van der Waals surface area contributed by atoms with Gasteiger partial charge in [0.1, 0.15) is 0 Å². The molecule has 2 aliphatic rings. The van der Waals surface area contributed by atoms with E-state index < -0.39 is 0 Å². The molecule has 0 amide bonds. The van der Waals surface area contributed by atoms with Crippen molar-refractivity contribution in [1.29, 1.82) is 0 Å². The van der Waals surface area contributed by atoms with Gasteiger partial charge in [-0.15, -0.1) is 0 Å². The summed E-state index contributed by atoms with van der Waals surface area (Å²) in [6, 6.07) is 14.1. The van der Waals surface area contributed by atoms with Crippen molar-refractivity contribution in [1.82, 2.24) is 14.9 Å². The molecule has 5 rings (SSSR count). The van der Waals surface area contributed by atoms with Crippen LogP contribution in [0.4, 0.5) is 0 Å². The molecular weight excluding hydrogens is 362 g/mol. The van der Waals surface area contributed by atoms with Gasteiger partial charge < -0.3 is 14.4 Å². The molecule has 1 aromatic heterocycles. The number of rotatable bonds is 5. The van der Waals surface area contributed by atoms with Gasteiger partial charge in [-0.1, -0.05) is 30.7 Å². The minimum atomic E-state index is 0.291. The Morgan fingerprint density at radius 2 is 1.66 bits per heavy atom. The van der Waals surface area contributed by atoms with Gasteiger partial charge in [0.25, 0.3) is 0 Å². The zero-order valence-electron chi connectivity index (χ0n) is 16.5. The van der Waals surface area contributed by atoms with Crippen LogP contribution in [0, 0.1) is 0 Å². The molecule has 3 aromatic rings. The van der Waals surface area contributed by atoms with Gasteiger partial charge in [-0.3, -0.25) is 0 Å². The molecule has 2 aromatic carbocycles. The number of fused-ring (bicyclic) bond motifs is 2. The molecule has 0 atom stereocenters. The van der Waals surface area contributed by atoms with E-state index in [0.29, 0.717) is 6.79 Å². The summed E-state index contributed by atoms with van der Waals surface area (Å²) in [4.78, 5) is 12.4. The van der Waals surface area contributed by atoms with Crippen LogP contribution in [0.2, 0.25) is 0 Å². The smallest absolute Gasteiger partial charge is 0.231 e. The summed E-state index contributed by atoms with van der Waals surface area (Å²) in [5.74, 6) is 1.59. The van der Waals surface area contributed by atoms with Crippen LogP contribution in [0.15, 0.2) is 42.5 Å². The van der Waals surface area contributed by atoms with Crippen LogP contribution in [0.5, 0.6) is 11.5 Å². The lowest BCUT2D eigenvalue weighted by atomic mass is 10.1. The lowest BCUT2D eigenvalue weighted by Crippen LogP contribution is -2.31. The summed E-state index contributed by atoms with van der Waals surface area (Å²) < 4.78 is 10.9. The lowest BCUT2D eigenvalue weighted by Gasteiger charge is -2.26. The second kappa shape index (κ2) is 8.21. The molecule has 5 nitrogen and oxygen atoms in total. The average molecular weight is 387 g/mol. The van der Waals surface area contributed by atoms with E-state index in [2.05, 4.69) is 17.1 Å². The maximum Gasteiger partial charge on any atom is 0.231 e. The van der Waals surface area contributed by atoms with Crippen LogP contribution in [-0.2, 0) is 6.42 Å². The van der Waals surface area contributed by atoms with Crippen molar-refractivity contribution in [3.63, 3.8) is 0 Å². The normalized spacial score (nSPS) is 16.7. The molecule has 1 saturated heterocycles. The van der Waals surface area contributed by atoms with E-state index >= 15 is 0 Å². The van der Waals surface area contributed by atoms with E-state index in [1.165, 1.54) is 32.4 Å². The molecule has 0 unspecified atom stereocenters. The average Bonchev–Trinajstić information content (AvgIpc) is 3.24. The highest BCUT2D eigenvalue weighted by atomic mass is 16.7. The molecule has 0 bridgehead atoms. The first-order valence-electron chi connectivity index (χ1n) is 10.4. The Hall–Kier alpha value is -2.92. The Kier molecular flexibility index (Phi) is 5.13. The van der Waals surface area contributed by atoms with Crippen molar-refractivity contribution in [3.05, 3.63) is 59.4 Å². The van der Waals surface area contributed by atoms with Crippen molar-refractivity contribution in [3.8, 4) is 11.5 Å². The minimum absolute atomic E-state index is 0.291. The van der Waals surface area contributed by atoms with Crippen molar-refractivity contribution >= 4 is 23.2 Å². The van der Waals surface area contributed by atoms with E-state index in [0.717, 1.165) is 52.4 Å². The highest BCUT2D eigenvalue weighted by molar-refractivity contribution is 5.78. The summed E-state index contributed by atoms with van der Waals surface area (Å²) in [6.45, 7) is 3.73. The highest BCUT2D eigenvalue weighted by Crippen LogP contribution is 2.33. The Balaban J connectivity index is 1.42. The van der Waals surface area contributed by atoms with Gasteiger partial charge in [-0.2, -0.15) is 0 Å². The number of nitrogens with zero attached hydrogens (tertiary/aromatic N) is 3. The standard InChI is InChI=1S/C24H25N3O2/c1-4-13-27(14-5-1)15-12-22-21(25-19-6-2-3-7-20(19)26-22)10-8-18-9-11-23-24(16-18)29-17-28-23/h2-3,6-11,16H,1,4-5,12-15,17H2/b10-8+. The summed E-state index contributed by atoms with van der Waals surface area (Å²) in [5, 5.41) is 0. The third-order valence-corrected chi connectivity index (χ3v) is 5.62. The Bertz CT molecular complexity index is 1040. The Labute approximate surface area is 171 Å². The summed E-state index contributed by atoms with van der Waals surface area (Å²) in [6.07, 6.45) is 9.03. The quantitative estimate of drug-likeness (QED) is 0.642. The SMILES string of the molecule is C(=C\c1nc2ccccc2nc1CCN1CCCCC1)/c1ccc2c(c1)OCO2. The number of ether oxygens (including phenoxy) is 2. The molecular formula is C24H25N3O2. The van der Waals surface area contributed by atoms with Crippen LogP contribution >= 0.6 is 0 Å². The number of para-hydroxylation sites is 2. The van der Waals surface area contributed by atoms with Crippen molar-refractivity contribution in [2.45, 2.75) is 25.7 Å². The molecule has 2 aliphatic heterocycles. The van der Waals surface area contributed by atoms with E-state index in [4.69, 9.17) is 19.4 Å². The van der Waals surface area contributed by atoms with E-state index in [9.17, 15) is 0 Å². The van der Waals surface area contributed by atoms with Crippen molar-refractivity contribution in [2.24, 2.45) is 0 Å². The largest absolute Gasteiger partial charge is 0.454 e. The molecule has 1 fully saturated rings.